The minimum atomic E-state index is -0.188. The van der Waals surface area contributed by atoms with Crippen LogP contribution in [0.5, 0.6) is 0 Å². The highest BCUT2D eigenvalue weighted by Crippen LogP contribution is 2.17. The van der Waals surface area contributed by atoms with Crippen molar-refractivity contribution >= 4 is 11.6 Å². The van der Waals surface area contributed by atoms with Gasteiger partial charge in [0.1, 0.15) is 6.61 Å². The third-order valence-corrected chi connectivity index (χ3v) is 2.80. The predicted molar refractivity (Wildman–Crippen MR) is 73.2 cm³/mol. The molecule has 1 aromatic rings. The second-order valence-corrected chi connectivity index (χ2v) is 4.31. The van der Waals surface area contributed by atoms with Gasteiger partial charge in [0.2, 0.25) is 5.91 Å². The Bertz CT molecular complexity index is 483. The summed E-state index contributed by atoms with van der Waals surface area (Å²) in [5.41, 5.74) is 2.51. The highest BCUT2D eigenvalue weighted by molar-refractivity contribution is 5.93. The largest absolute Gasteiger partial charge is 0.384 e. The molecule has 2 N–H and O–H groups in total. The van der Waals surface area contributed by atoms with Crippen molar-refractivity contribution in [3.63, 3.8) is 0 Å². The second-order valence-electron chi connectivity index (χ2n) is 4.31. The van der Waals surface area contributed by atoms with Crippen LogP contribution in [0.4, 0.5) is 5.69 Å². The lowest BCUT2D eigenvalue weighted by molar-refractivity contribution is -0.119. The van der Waals surface area contributed by atoms with Crippen LogP contribution in [0.2, 0.25) is 0 Å². The summed E-state index contributed by atoms with van der Waals surface area (Å²) in [6, 6.07) is 5.67. The molecule has 18 heavy (non-hydrogen) atoms. The minimum absolute atomic E-state index is 0.00611. The van der Waals surface area contributed by atoms with E-state index >= 15 is 0 Å². The molecule has 3 nitrogen and oxygen atoms in total. The monoisotopic (exact) mass is 245 g/mol. The first-order valence-electron chi connectivity index (χ1n) is 6.09. The molecule has 0 heterocycles. The van der Waals surface area contributed by atoms with E-state index < -0.39 is 0 Å². The summed E-state index contributed by atoms with van der Waals surface area (Å²) in [6.45, 7) is 5.64. The van der Waals surface area contributed by atoms with E-state index in [1.54, 1.807) is 0 Å². The van der Waals surface area contributed by atoms with Crippen LogP contribution in [0.15, 0.2) is 18.2 Å². The average Bonchev–Trinajstić information content (AvgIpc) is 2.37. The maximum absolute atomic E-state index is 11.8. The van der Waals surface area contributed by atoms with Gasteiger partial charge in [-0.15, -0.1) is 0 Å². The van der Waals surface area contributed by atoms with Crippen LogP contribution in [0.25, 0.3) is 0 Å². The van der Waals surface area contributed by atoms with E-state index in [2.05, 4.69) is 17.2 Å². The number of hydrogen-bond donors (Lipinski definition) is 2. The van der Waals surface area contributed by atoms with Gasteiger partial charge < -0.3 is 10.4 Å². The lowest BCUT2D eigenvalue weighted by Crippen LogP contribution is -2.20. The molecular formula is C15H19NO2. The summed E-state index contributed by atoms with van der Waals surface area (Å²) in [6.07, 6.45) is 0.801. The first kappa shape index (κ1) is 14.3. The lowest BCUT2D eigenvalue weighted by Gasteiger charge is -2.12. The van der Waals surface area contributed by atoms with Crippen molar-refractivity contribution in [1.82, 2.24) is 0 Å². The van der Waals surface area contributed by atoms with Crippen LogP contribution in [-0.4, -0.2) is 17.6 Å². The summed E-state index contributed by atoms with van der Waals surface area (Å²) in [5.74, 6) is 5.42. The molecule has 0 aliphatic rings. The first-order chi connectivity index (χ1) is 8.58. The zero-order valence-electron chi connectivity index (χ0n) is 11.1. The summed E-state index contributed by atoms with van der Waals surface area (Å²) in [7, 11) is 0. The SMILES string of the molecule is CCC(C)C(=O)Nc1ccc(C)cc1C#CCO. The fourth-order valence-electron chi connectivity index (χ4n) is 1.45. The van der Waals surface area contributed by atoms with Crippen molar-refractivity contribution in [2.45, 2.75) is 27.2 Å². The number of carbonyl (C=O) groups is 1. The Morgan fingerprint density at radius 1 is 1.50 bits per heavy atom. The Labute approximate surface area is 108 Å². The van der Waals surface area contributed by atoms with Gasteiger partial charge in [-0.1, -0.05) is 31.8 Å². The zero-order valence-corrected chi connectivity index (χ0v) is 11.1. The molecule has 0 saturated heterocycles. The third-order valence-electron chi connectivity index (χ3n) is 2.80. The van der Waals surface area contributed by atoms with Crippen molar-refractivity contribution in [3.05, 3.63) is 29.3 Å². The second kappa shape index (κ2) is 6.83. The Hall–Kier alpha value is -1.79. The minimum Gasteiger partial charge on any atom is -0.384 e. The van der Waals surface area contributed by atoms with E-state index in [0.29, 0.717) is 5.69 Å². The third kappa shape index (κ3) is 3.90. The van der Waals surface area contributed by atoms with E-state index in [1.807, 2.05) is 39.0 Å². The molecule has 0 aliphatic heterocycles. The van der Waals surface area contributed by atoms with E-state index in [4.69, 9.17) is 5.11 Å². The normalized spacial score (nSPS) is 11.3. The molecule has 0 radical (unpaired) electrons. The molecule has 1 amide bonds. The number of aryl methyl sites for hydroxylation is 1. The van der Waals surface area contributed by atoms with Gasteiger partial charge in [0.05, 0.1) is 5.69 Å². The summed E-state index contributed by atoms with van der Waals surface area (Å²) in [4.78, 5) is 11.8. The topological polar surface area (TPSA) is 49.3 Å². The fraction of sp³-hybridized carbons (Fsp3) is 0.400. The van der Waals surface area contributed by atoms with Gasteiger partial charge in [-0.2, -0.15) is 0 Å². The van der Waals surface area contributed by atoms with Crippen LogP contribution in [0.3, 0.4) is 0 Å². The van der Waals surface area contributed by atoms with E-state index in [0.717, 1.165) is 17.5 Å². The molecule has 1 aromatic carbocycles. The molecule has 1 atom stereocenters. The number of nitrogens with one attached hydrogen (secondary N) is 1. The summed E-state index contributed by atoms with van der Waals surface area (Å²) < 4.78 is 0. The maximum Gasteiger partial charge on any atom is 0.227 e. The van der Waals surface area contributed by atoms with Crippen LogP contribution in [-0.2, 0) is 4.79 Å². The van der Waals surface area contributed by atoms with Crippen molar-refractivity contribution in [2.24, 2.45) is 5.92 Å². The number of aliphatic hydroxyl groups excluding tert-OH is 1. The number of benzene rings is 1. The number of hydrogen-bond acceptors (Lipinski definition) is 2. The summed E-state index contributed by atoms with van der Waals surface area (Å²) in [5, 5.41) is 11.6. The standard InChI is InChI=1S/C15H19NO2/c1-4-12(3)15(18)16-14-8-7-11(2)10-13(14)6-5-9-17/h7-8,10,12,17H,4,9H2,1-3H3,(H,16,18). The molecule has 0 aliphatic carbocycles. The lowest BCUT2D eigenvalue weighted by atomic mass is 10.1. The van der Waals surface area contributed by atoms with Crippen LogP contribution < -0.4 is 5.32 Å². The number of amides is 1. The van der Waals surface area contributed by atoms with Crippen molar-refractivity contribution in [3.8, 4) is 11.8 Å². The predicted octanol–water partition coefficient (Wildman–Crippen LogP) is 2.32. The first-order valence-corrected chi connectivity index (χ1v) is 6.09. The number of carbonyl (C=O) groups excluding carboxylic acids is 1. The Kier molecular flexibility index (Phi) is 5.41. The van der Waals surface area contributed by atoms with Gasteiger partial charge in [-0.25, -0.2) is 0 Å². The van der Waals surface area contributed by atoms with Crippen LogP contribution >= 0.6 is 0 Å². The summed E-state index contributed by atoms with van der Waals surface area (Å²) >= 11 is 0. The van der Waals surface area contributed by atoms with Crippen molar-refractivity contribution in [2.75, 3.05) is 11.9 Å². The highest BCUT2D eigenvalue weighted by atomic mass is 16.2. The van der Waals surface area contributed by atoms with Gasteiger partial charge in [0, 0.05) is 11.5 Å². The van der Waals surface area contributed by atoms with Crippen molar-refractivity contribution in [1.29, 1.82) is 0 Å². The van der Waals surface area contributed by atoms with E-state index in [1.165, 1.54) is 0 Å². The quantitative estimate of drug-likeness (QED) is 0.803. The van der Waals surface area contributed by atoms with Gasteiger partial charge in [-0.3, -0.25) is 4.79 Å². The molecule has 3 heteroatoms. The smallest absolute Gasteiger partial charge is 0.227 e. The maximum atomic E-state index is 11.8. The van der Waals surface area contributed by atoms with Gasteiger partial charge in [0.15, 0.2) is 0 Å². The Morgan fingerprint density at radius 2 is 2.22 bits per heavy atom. The number of aliphatic hydroxyl groups is 1. The zero-order chi connectivity index (χ0) is 13.5. The van der Waals surface area contributed by atoms with Gasteiger partial charge >= 0.3 is 0 Å². The van der Waals surface area contributed by atoms with Crippen molar-refractivity contribution < 1.29 is 9.90 Å². The highest BCUT2D eigenvalue weighted by Gasteiger charge is 2.12. The molecule has 0 spiro atoms. The average molecular weight is 245 g/mol. The molecule has 1 rings (SSSR count). The Morgan fingerprint density at radius 3 is 2.83 bits per heavy atom. The molecule has 1 unspecified atom stereocenters. The molecule has 0 fully saturated rings. The molecule has 0 saturated carbocycles. The van der Waals surface area contributed by atoms with E-state index in [9.17, 15) is 4.79 Å². The van der Waals surface area contributed by atoms with Gasteiger partial charge in [-0.05, 0) is 31.0 Å². The molecule has 96 valence electrons. The number of anilines is 1. The molecular weight excluding hydrogens is 226 g/mol. The van der Waals surface area contributed by atoms with E-state index in [-0.39, 0.29) is 18.4 Å². The fourth-order valence-corrected chi connectivity index (χ4v) is 1.45. The van der Waals surface area contributed by atoms with Crippen LogP contribution in [0.1, 0.15) is 31.4 Å². The Balaban J connectivity index is 2.97. The molecule has 0 bridgehead atoms. The number of rotatable bonds is 3. The molecule has 0 aromatic heterocycles. The van der Waals surface area contributed by atoms with Crippen LogP contribution in [0, 0.1) is 24.7 Å². The van der Waals surface area contributed by atoms with Gasteiger partial charge in [0.25, 0.3) is 0 Å².